The van der Waals surface area contributed by atoms with Gasteiger partial charge in [-0.15, -0.1) is 0 Å². The van der Waals surface area contributed by atoms with Crippen LogP contribution in [0.25, 0.3) is 0 Å². The second-order valence-corrected chi connectivity index (χ2v) is 7.44. The average molecular weight is 329 g/mol. The number of nitrogens with one attached hydrogen (secondary N) is 1. The van der Waals surface area contributed by atoms with Crippen molar-refractivity contribution >= 4 is 28.9 Å². The molecule has 0 bridgehead atoms. The van der Waals surface area contributed by atoms with Gasteiger partial charge in [-0.1, -0.05) is 44.5 Å². The first-order chi connectivity index (χ1) is 10.8. The Hall–Kier alpha value is -2.00. The van der Waals surface area contributed by atoms with Gasteiger partial charge in [-0.3, -0.25) is 4.79 Å². The molecule has 0 unspecified atom stereocenters. The van der Waals surface area contributed by atoms with Crippen LogP contribution >= 0.6 is 11.6 Å². The highest BCUT2D eigenvalue weighted by Gasteiger charge is 2.20. The number of carbonyl (C=O) groups is 1. The summed E-state index contributed by atoms with van der Waals surface area (Å²) < 4.78 is 0. The number of rotatable bonds is 1. The maximum Gasteiger partial charge on any atom is 0.243 e. The summed E-state index contributed by atoms with van der Waals surface area (Å²) in [6.07, 6.45) is 0. The number of hydrogen-bond donors (Lipinski definition) is 1. The lowest BCUT2D eigenvalue weighted by atomic mass is 9.87. The predicted molar refractivity (Wildman–Crippen MR) is 96.3 cm³/mol. The number of amides is 1. The molecular weight excluding hydrogens is 308 g/mol. The molecule has 3 nitrogen and oxygen atoms in total. The predicted octanol–water partition coefficient (Wildman–Crippen LogP) is 4.60. The zero-order valence-electron chi connectivity index (χ0n) is 13.7. The van der Waals surface area contributed by atoms with Gasteiger partial charge in [-0.2, -0.15) is 0 Å². The summed E-state index contributed by atoms with van der Waals surface area (Å²) in [6.45, 7) is 7.57. The molecule has 0 saturated heterocycles. The minimum absolute atomic E-state index is 0.00836. The zero-order valence-corrected chi connectivity index (χ0v) is 14.4. The summed E-state index contributed by atoms with van der Waals surface area (Å²) in [5, 5.41) is 3.63. The summed E-state index contributed by atoms with van der Waals surface area (Å²) in [5.74, 6) is -0.00836. The molecule has 0 aromatic heterocycles. The number of benzene rings is 2. The van der Waals surface area contributed by atoms with Crippen molar-refractivity contribution < 1.29 is 4.79 Å². The van der Waals surface area contributed by atoms with Gasteiger partial charge in [0.2, 0.25) is 5.91 Å². The van der Waals surface area contributed by atoms with E-state index in [1.165, 1.54) is 5.56 Å². The first kappa shape index (κ1) is 15.9. The Balaban J connectivity index is 1.92. The van der Waals surface area contributed by atoms with Gasteiger partial charge in [-0.05, 0) is 46.9 Å². The molecule has 120 valence electrons. The van der Waals surface area contributed by atoms with Crippen LogP contribution in [0.4, 0.5) is 11.4 Å². The molecule has 2 aromatic rings. The van der Waals surface area contributed by atoms with Crippen molar-refractivity contribution in [2.45, 2.75) is 32.7 Å². The van der Waals surface area contributed by atoms with Gasteiger partial charge in [0.1, 0.15) is 0 Å². The summed E-state index contributed by atoms with van der Waals surface area (Å²) in [7, 11) is 0. The van der Waals surface area contributed by atoms with Crippen LogP contribution in [0.5, 0.6) is 0 Å². The molecule has 23 heavy (non-hydrogen) atoms. The molecule has 0 radical (unpaired) electrons. The standard InChI is InChI=1S/C19H21ClN2O/c1-19(2,3)14-4-7-16(8-5-14)22-11-13-10-15(20)6-9-17(13)21-18(23)12-22/h4-10H,11-12H2,1-3H3,(H,21,23). The van der Waals surface area contributed by atoms with E-state index in [0.717, 1.165) is 16.9 Å². The highest BCUT2D eigenvalue weighted by Crippen LogP contribution is 2.29. The third-order valence-corrected chi connectivity index (χ3v) is 4.37. The van der Waals surface area contributed by atoms with Crippen molar-refractivity contribution in [3.63, 3.8) is 0 Å². The van der Waals surface area contributed by atoms with Crippen LogP contribution in [0.3, 0.4) is 0 Å². The van der Waals surface area contributed by atoms with Gasteiger partial charge < -0.3 is 10.2 Å². The highest BCUT2D eigenvalue weighted by molar-refractivity contribution is 6.30. The summed E-state index contributed by atoms with van der Waals surface area (Å²) in [5.41, 5.74) is 4.32. The minimum atomic E-state index is -0.00836. The van der Waals surface area contributed by atoms with Crippen molar-refractivity contribution in [1.82, 2.24) is 0 Å². The summed E-state index contributed by atoms with van der Waals surface area (Å²) in [4.78, 5) is 14.2. The first-order valence-corrected chi connectivity index (χ1v) is 8.14. The molecule has 2 aromatic carbocycles. The van der Waals surface area contributed by atoms with E-state index in [-0.39, 0.29) is 11.3 Å². The Labute approximate surface area is 142 Å². The fourth-order valence-electron chi connectivity index (χ4n) is 2.79. The summed E-state index contributed by atoms with van der Waals surface area (Å²) >= 11 is 6.10. The van der Waals surface area contributed by atoms with E-state index in [0.29, 0.717) is 18.1 Å². The Morgan fingerprint density at radius 2 is 1.74 bits per heavy atom. The number of nitrogens with zero attached hydrogens (tertiary/aromatic N) is 1. The van der Waals surface area contributed by atoms with Crippen molar-refractivity contribution in [2.75, 3.05) is 16.8 Å². The average Bonchev–Trinajstić information content (AvgIpc) is 2.64. The van der Waals surface area contributed by atoms with Crippen molar-refractivity contribution in [3.05, 3.63) is 58.6 Å². The number of halogens is 1. The maximum atomic E-state index is 12.2. The van der Waals surface area contributed by atoms with E-state index in [2.05, 4.69) is 55.3 Å². The van der Waals surface area contributed by atoms with E-state index in [1.807, 2.05) is 12.1 Å². The molecular formula is C19H21ClN2O. The lowest BCUT2D eigenvalue weighted by Crippen LogP contribution is -2.29. The van der Waals surface area contributed by atoms with E-state index < -0.39 is 0 Å². The van der Waals surface area contributed by atoms with Crippen LogP contribution in [-0.2, 0) is 16.8 Å². The molecule has 0 atom stereocenters. The van der Waals surface area contributed by atoms with E-state index in [1.54, 1.807) is 6.07 Å². The number of fused-ring (bicyclic) bond motifs is 1. The largest absolute Gasteiger partial charge is 0.358 e. The number of carbonyl (C=O) groups excluding carboxylic acids is 1. The molecule has 1 heterocycles. The van der Waals surface area contributed by atoms with Crippen LogP contribution in [0.1, 0.15) is 31.9 Å². The smallest absolute Gasteiger partial charge is 0.243 e. The van der Waals surface area contributed by atoms with Crippen molar-refractivity contribution in [3.8, 4) is 0 Å². The van der Waals surface area contributed by atoms with Crippen LogP contribution < -0.4 is 10.2 Å². The Morgan fingerprint density at radius 3 is 2.39 bits per heavy atom. The van der Waals surface area contributed by atoms with Gasteiger partial charge in [0.25, 0.3) is 0 Å². The monoisotopic (exact) mass is 328 g/mol. The van der Waals surface area contributed by atoms with E-state index >= 15 is 0 Å². The number of anilines is 2. The summed E-state index contributed by atoms with van der Waals surface area (Å²) in [6, 6.07) is 14.0. The van der Waals surface area contributed by atoms with Gasteiger partial charge in [0.15, 0.2) is 0 Å². The van der Waals surface area contributed by atoms with Crippen LogP contribution in [-0.4, -0.2) is 12.5 Å². The second kappa shape index (κ2) is 5.89. The second-order valence-electron chi connectivity index (χ2n) is 7.00. The van der Waals surface area contributed by atoms with Gasteiger partial charge in [0.05, 0.1) is 6.54 Å². The quantitative estimate of drug-likeness (QED) is 0.830. The topological polar surface area (TPSA) is 32.3 Å². The molecule has 4 heteroatoms. The zero-order chi connectivity index (χ0) is 16.6. The molecule has 0 spiro atoms. The maximum absolute atomic E-state index is 12.2. The fraction of sp³-hybridized carbons (Fsp3) is 0.316. The Bertz CT molecular complexity index is 732. The third-order valence-electron chi connectivity index (χ3n) is 4.14. The van der Waals surface area contributed by atoms with E-state index in [9.17, 15) is 4.79 Å². The molecule has 1 aliphatic rings. The normalized spacial score (nSPS) is 15.0. The van der Waals surface area contributed by atoms with Crippen molar-refractivity contribution in [2.24, 2.45) is 0 Å². The molecule has 0 fully saturated rings. The number of hydrogen-bond acceptors (Lipinski definition) is 2. The SMILES string of the molecule is CC(C)(C)c1ccc(N2CC(=O)Nc3ccc(Cl)cc3C2)cc1. The van der Waals surface area contributed by atoms with Gasteiger partial charge in [0, 0.05) is 22.9 Å². The molecule has 1 amide bonds. The van der Waals surface area contributed by atoms with E-state index in [4.69, 9.17) is 11.6 Å². The van der Waals surface area contributed by atoms with Crippen LogP contribution in [0, 0.1) is 0 Å². The molecule has 0 saturated carbocycles. The van der Waals surface area contributed by atoms with Crippen molar-refractivity contribution in [1.29, 1.82) is 0 Å². The molecule has 0 aliphatic carbocycles. The van der Waals surface area contributed by atoms with Crippen LogP contribution in [0.15, 0.2) is 42.5 Å². The fourth-order valence-corrected chi connectivity index (χ4v) is 2.99. The first-order valence-electron chi connectivity index (χ1n) is 7.77. The lowest BCUT2D eigenvalue weighted by Gasteiger charge is -2.24. The molecule has 1 aliphatic heterocycles. The minimum Gasteiger partial charge on any atom is -0.358 e. The third kappa shape index (κ3) is 3.50. The van der Waals surface area contributed by atoms with Gasteiger partial charge in [-0.25, -0.2) is 0 Å². The Morgan fingerprint density at radius 1 is 1.04 bits per heavy atom. The molecule has 3 rings (SSSR count). The molecule has 1 N–H and O–H groups in total. The van der Waals surface area contributed by atoms with Crippen LogP contribution in [0.2, 0.25) is 5.02 Å². The highest BCUT2D eigenvalue weighted by atomic mass is 35.5. The lowest BCUT2D eigenvalue weighted by molar-refractivity contribution is -0.114. The van der Waals surface area contributed by atoms with Gasteiger partial charge >= 0.3 is 0 Å². The Kier molecular flexibility index (Phi) is 4.07.